The fraction of sp³-hybridized carbons (Fsp3) is 0.118. The zero-order chi connectivity index (χ0) is 15.4. The van der Waals surface area contributed by atoms with Crippen molar-refractivity contribution in [2.75, 3.05) is 0 Å². The van der Waals surface area contributed by atoms with Crippen molar-refractivity contribution in [2.24, 2.45) is 14.1 Å². The lowest BCUT2D eigenvalue weighted by Gasteiger charge is -2.22. The smallest absolute Gasteiger partial charge is 0.221 e. The highest BCUT2D eigenvalue weighted by atomic mass is 32.2. The van der Waals surface area contributed by atoms with Gasteiger partial charge in [0, 0.05) is 0 Å². The van der Waals surface area contributed by atoms with Crippen LogP contribution in [0.1, 0.15) is 0 Å². The van der Waals surface area contributed by atoms with Gasteiger partial charge in [0.1, 0.15) is 12.4 Å². The number of imidazole rings is 1. The standard InChI is InChI=1S/C17H19BN2S2/c1-19-13-14-20(2)17(19)18(21-15-9-5-3-6-10-15)22-16-11-7-4-8-12-16/h3-14,18H,1-2H3. The Morgan fingerprint density at radius 2 is 1.36 bits per heavy atom. The molecule has 22 heavy (non-hydrogen) atoms. The maximum atomic E-state index is 2.24. The third-order valence-electron chi connectivity index (χ3n) is 3.67. The third-order valence-corrected chi connectivity index (χ3v) is 6.63. The van der Waals surface area contributed by atoms with Gasteiger partial charge < -0.3 is 23.2 Å². The van der Waals surface area contributed by atoms with Crippen molar-refractivity contribution in [3.8, 4) is 0 Å². The number of hydrogen-bond donors (Lipinski definition) is 0. The summed E-state index contributed by atoms with van der Waals surface area (Å²) in [5.74, 6) is 0. The Morgan fingerprint density at radius 1 is 0.864 bits per heavy atom. The fourth-order valence-electron chi connectivity index (χ4n) is 2.52. The molecule has 112 valence electrons. The molecule has 2 aromatic carbocycles. The summed E-state index contributed by atoms with van der Waals surface area (Å²) in [4.78, 5) is 2.65. The van der Waals surface area contributed by atoms with Gasteiger partial charge >= 0.3 is 0 Å². The molecule has 1 heterocycles. The predicted molar refractivity (Wildman–Crippen MR) is 98.0 cm³/mol. The van der Waals surface area contributed by atoms with Gasteiger partial charge in [0.05, 0.1) is 19.8 Å². The summed E-state index contributed by atoms with van der Waals surface area (Å²) in [7, 11) is 4.26. The minimum absolute atomic E-state index is 0.669. The molecule has 0 spiro atoms. The molecule has 0 atom stereocenters. The highest BCUT2D eigenvalue weighted by Crippen LogP contribution is 2.31. The molecule has 0 bridgehead atoms. The first-order chi connectivity index (χ1) is 10.7. The number of aromatic nitrogens is 2. The Bertz CT molecular complexity index is 668. The molecule has 0 fully saturated rings. The van der Waals surface area contributed by atoms with Crippen molar-refractivity contribution >= 4 is 34.2 Å². The molecule has 0 N–H and O–H groups in total. The summed E-state index contributed by atoms with van der Waals surface area (Å²) in [5, 5.41) is -0.669. The van der Waals surface area contributed by atoms with E-state index >= 15 is 0 Å². The van der Waals surface area contributed by atoms with Crippen LogP contribution in [0.5, 0.6) is 0 Å². The van der Waals surface area contributed by atoms with Crippen LogP contribution < -0.4 is 10.3 Å². The van der Waals surface area contributed by atoms with E-state index in [4.69, 9.17) is 0 Å². The van der Waals surface area contributed by atoms with Crippen molar-refractivity contribution in [3.05, 3.63) is 73.1 Å². The van der Waals surface area contributed by atoms with Crippen LogP contribution in [0.3, 0.4) is 0 Å². The van der Waals surface area contributed by atoms with Crippen molar-refractivity contribution in [2.45, 2.75) is 9.79 Å². The van der Waals surface area contributed by atoms with Crippen LogP contribution in [-0.2, 0) is 14.1 Å². The molecular formula is C17H19BN2S2. The Morgan fingerprint density at radius 3 is 1.77 bits per heavy atom. The van der Waals surface area contributed by atoms with Gasteiger partial charge in [-0.15, -0.1) is 0 Å². The van der Waals surface area contributed by atoms with E-state index in [2.05, 4.69) is 96.3 Å². The molecule has 3 aromatic rings. The second kappa shape index (κ2) is 7.12. The number of benzene rings is 2. The number of rotatable bonds is 5. The maximum Gasteiger partial charge on any atom is 0.221 e. The van der Waals surface area contributed by atoms with E-state index < -0.39 is 5.27 Å². The van der Waals surface area contributed by atoms with Crippen LogP contribution in [-0.4, -0.2) is 9.84 Å². The summed E-state index contributed by atoms with van der Waals surface area (Å²) in [6.45, 7) is 0. The average molecular weight is 326 g/mol. The summed E-state index contributed by atoms with van der Waals surface area (Å²) in [6.07, 6.45) is 4.26. The minimum atomic E-state index is -0.669. The first kappa shape index (κ1) is 15.3. The minimum Gasteiger partial charge on any atom is -0.316 e. The fourth-order valence-corrected chi connectivity index (χ4v) is 5.95. The van der Waals surface area contributed by atoms with Gasteiger partial charge in [0.25, 0.3) is 0 Å². The molecule has 0 aliphatic rings. The average Bonchev–Trinajstić information content (AvgIpc) is 2.88. The Labute approximate surface area is 140 Å². The van der Waals surface area contributed by atoms with E-state index in [-0.39, 0.29) is 0 Å². The molecule has 1 aromatic heterocycles. The maximum absolute atomic E-state index is 2.24. The normalized spacial score (nSPS) is 11.0. The van der Waals surface area contributed by atoms with Crippen LogP contribution in [0.4, 0.5) is 0 Å². The molecule has 0 saturated heterocycles. The molecular weight excluding hydrogens is 307 g/mol. The van der Waals surface area contributed by atoms with Gasteiger partial charge in [-0.3, -0.25) is 9.13 Å². The summed E-state index contributed by atoms with van der Waals surface area (Å²) < 4.78 is 4.48. The van der Waals surface area contributed by atoms with Crippen LogP contribution >= 0.6 is 23.2 Å². The summed E-state index contributed by atoms with van der Waals surface area (Å²) in [5.41, 5.74) is 1.38. The SMILES string of the molecule is Cn1cc[n+](C)c1[BH-](Sc1ccccc1)Sc1ccccc1. The van der Waals surface area contributed by atoms with Crippen LogP contribution in [0.2, 0.25) is 0 Å². The van der Waals surface area contributed by atoms with Gasteiger partial charge in [-0.25, -0.2) is 0 Å². The van der Waals surface area contributed by atoms with E-state index in [0.29, 0.717) is 0 Å². The highest BCUT2D eigenvalue weighted by Gasteiger charge is 2.19. The van der Waals surface area contributed by atoms with E-state index in [1.54, 1.807) is 0 Å². The second-order valence-corrected chi connectivity index (χ2v) is 8.30. The van der Waals surface area contributed by atoms with Gasteiger partial charge in [0.15, 0.2) is 0 Å². The summed E-state index contributed by atoms with van der Waals surface area (Å²) in [6, 6.07) is 21.3. The molecule has 0 saturated carbocycles. The molecule has 2 nitrogen and oxygen atoms in total. The van der Waals surface area contributed by atoms with Gasteiger partial charge in [0.2, 0.25) is 5.27 Å². The molecule has 0 amide bonds. The molecule has 3 rings (SSSR count). The first-order valence-corrected chi connectivity index (χ1v) is 9.32. The molecule has 0 unspecified atom stereocenters. The van der Waals surface area contributed by atoms with Gasteiger partial charge in [-0.05, 0) is 9.79 Å². The van der Waals surface area contributed by atoms with Crippen molar-refractivity contribution < 1.29 is 4.57 Å². The van der Waals surface area contributed by atoms with Crippen molar-refractivity contribution in [3.63, 3.8) is 0 Å². The van der Waals surface area contributed by atoms with Crippen LogP contribution in [0.15, 0.2) is 82.8 Å². The van der Waals surface area contributed by atoms with Gasteiger partial charge in [-0.2, -0.15) is 0 Å². The van der Waals surface area contributed by atoms with E-state index in [0.717, 1.165) is 0 Å². The number of aryl methyl sites for hydroxylation is 2. The Hall–Kier alpha value is -1.59. The number of nitrogens with zero attached hydrogens (tertiary/aromatic N) is 2. The summed E-state index contributed by atoms with van der Waals surface area (Å²) >= 11 is 3.95. The van der Waals surface area contributed by atoms with Crippen molar-refractivity contribution in [1.82, 2.24) is 4.57 Å². The zero-order valence-corrected chi connectivity index (χ0v) is 14.5. The molecule has 0 aliphatic heterocycles. The predicted octanol–water partition coefficient (Wildman–Crippen LogP) is 2.86. The first-order valence-electron chi connectivity index (χ1n) is 7.35. The van der Waals surface area contributed by atoms with E-state index in [9.17, 15) is 0 Å². The lowest BCUT2D eigenvalue weighted by Crippen LogP contribution is -2.53. The van der Waals surface area contributed by atoms with Crippen LogP contribution in [0, 0.1) is 0 Å². The van der Waals surface area contributed by atoms with Crippen LogP contribution in [0.25, 0.3) is 0 Å². The van der Waals surface area contributed by atoms with E-state index in [1.807, 2.05) is 23.2 Å². The number of hydrogen-bond acceptors (Lipinski definition) is 2. The second-order valence-electron chi connectivity index (χ2n) is 5.26. The van der Waals surface area contributed by atoms with Gasteiger partial charge in [-0.1, -0.05) is 60.7 Å². The third kappa shape index (κ3) is 3.59. The quantitative estimate of drug-likeness (QED) is 0.526. The molecule has 0 radical (unpaired) electrons. The molecule has 0 aliphatic carbocycles. The topological polar surface area (TPSA) is 8.81 Å². The monoisotopic (exact) mass is 326 g/mol. The van der Waals surface area contributed by atoms with Crippen molar-refractivity contribution in [1.29, 1.82) is 0 Å². The lowest BCUT2D eigenvalue weighted by atomic mass is 10.1. The molecule has 5 heteroatoms. The lowest BCUT2D eigenvalue weighted by molar-refractivity contribution is -0.652. The zero-order valence-electron chi connectivity index (χ0n) is 12.8. The van der Waals surface area contributed by atoms with E-state index in [1.165, 1.54) is 15.5 Å². The Kier molecular flexibility index (Phi) is 4.95. The Balaban J connectivity index is 1.92. The largest absolute Gasteiger partial charge is 0.316 e. The highest BCUT2D eigenvalue weighted by molar-refractivity contribution is 8.55.